The van der Waals surface area contributed by atoms with Gasteiger partial charge in [0, 0.05) is 16.1 Å². The summed E-state index contributed by atoms with van der Waals surface area (Å²) in [6.45, 7) is 2.01. The molecule has 3 nitrogen and oxygen atoms in total. The highest BCUT2D eigenvalue weighted by atomic mass is 79.9. The Morgan fingerprint density at radius 1 is 1.21 bits per heavy atom. The molecule has 2 aromatic rings. The van der Waals surface area contributed by atoms with Gasteiger partial charge in [-0.3, -0.25) is 0 Å². The number of hydrogen-bond donors (Lipinski definition) is 0. The predicted octanol–water partition coefficient (Wildman–Crippen LogP) is 4.45. The zero-order chi connectivity index (χ0) is 13.8. The Balaban J connectivity index is 2.40. The van der Waals surface area contributed by atoms with Crippen molar-refractivity contribution in [3.8, 4) is 23.5 Å². The van der Waals surface area contributed by atoms with Crippen LogP contribution >= 0.6 is 15.9 Å². The van der Waals surface area contributed by atoms with E-state index in [0.717, 1.165) is 15.6 Å². The van der Waals surface area contributed by atoms with Gasteiger partial charge in [-0.1, -0.05) is 22.0 Å². The summed E-state index contributed by atoms with van der Waals surface area (Å²) in [5, 5.41) is 17.4. The Morgan fingerprint density at radius 3 is 2.58 bits per heavy atom. The van der Waals surface area contributed by atoms with Gasteiger partial charge in [0.15, 0.2) is 0 Å². The number of nitriles is 2. The third kappa shape index (κ3) is 2.93. The molecule has 0 aliphatic carbocycles. The van der Waals surface area contributed by atoms with Crippen LogP contribution in [0.1, 0.15) is 11.3 Å². The topological polar surface area (TPSA) is 60.7 Å². The number of benzene rings is 1. The van der Waals surface area contributed by atoms with Crippen molar-refractivity contribution >= 4 is 22.0 Å². The molecule has 0 unspecified atom stereocenters. The Bertz CT molecular complexity index is 713. The fourth-order valence-corrected chi connectivity index (χ4v) is 2.32. The maximum Gasteiger partial charge on any atom is 0.135 e. The summed E-state index contributed by atoms with van der Waals surface area (Å²) >= 11 is 3.49. The van der Waals surface area contributed by atoms with Crippen molar-refractivity contribution < 1.29 is 4.42 Å². The first-order valence-electron chi connectivity index (χ1n) is 5.52. The zero-order valence-corrected chi connectivity index (χ0v) is 11.7. The van der Waals surface area contributed by atoms with Crippen molar-refractivity contribution in [2.75, 3.05) is 0 Å². The van der Waals surface area contributed by atoms with E-state index in [2.05, 4.69) is 15.9 Å². The molecule has 0 atom stereocenters. The number of halogens is 1. The fourth-order valence-electron chi connectivity index (χ4n) is 1.63. The highest BCUT2D eigenvalue weighted by Crippen LogP contribution is 2.30. The second kappa shape index (κ2) is 5.56. The molecule has 1 aromatic carbocycles. The molecular weight excluding hydrogens is 304 g/mol. The minimum Gasteiger partial charge on any atom is -0.457 e. The Kier molecular flexibility index (Phi) is 3.85. The van der Waals surface area contributed by atoms with E-state index < -0.39 is 0 Å². The lowest BCUT2D eigenvalue weighted by Gasteiger charge is -2.01. The van der Waals surface area contributed by atoms with Crippen molar-refractivity contribution in [2.45, 2.75) is 6.92 Å². The van der Waals surface area contributed by atoms with E-state index in [1.165, 1.54) is 6.08 Å². The molecule has 0 fully saturated rings. The molecule has 0 spiro atoms. The molecule has 0 aliphatic rings. The molecule has 0 saturated heterocycles. The highest BCUT2D eigenvalue weighted by molar-refractivity contribution is 9.10. The van der Waals surface area contributed by atoms with Gasteiger partial charge in [0.1, 0.15) is 29.2 Å². The van der Waals surface area contributed by atoms with Crippen LogP contribution in [-0.4, -0.2) is 0 Å². The van der Waals surface area contributed by atoms with Gasteiger partial charge in [-0.15, -0.1) is 0 Å². The van der Waals surface area contributed by atoms with Crippen molar-refractivity contribution in [3.63, 3.8) is 0 Å². The van der Waals surface area contributed by atoms with Crippen molar-refractivity contribution in [2.24, 2.45) is 0 Å². The van der Waals surface area contributed by atoms with Gasteiger partial charge in [-0.25, -0.2) is 0 Å². The van der Waals surface area contributed by atoms with Crippen molar-refractivity contribution in [3.05, 3.63) is 51.7 Å². The SMILES string of the molecule is Cc1ccc(-c2ccc(C=C(C#N)C#N)o2)c(Br)c1. The molecular formula is C15H9BrN2O. The van der Waals surface area contributed by atoms with Crippen molar-refractivity contribution in [1.82, 2.24) is 0 Å². The summed E-state index contributed by atoms with van der Waals surface area (Å²) in [5.41, 5.74) is 2.10. The van der Waals surface area contributed by atoms with Crippen LogP contribution in [0.4, 0.5) is 0 Å². The third-order valence-corrected chi connectivity index (χ3v) is 3.20. The summed E-state index contributed by atoms with van der Waals surface area (Å²) in [4.78, 5) is 0. The fraction of sp³-hybridized carbons (Fsp3) is 0.0667. The molecule has 0 amide bonds. The van der Waals surface area contributed by atoms with Gasteiger partial charge in [0.05, 0.1) is 0 Å². The average molecular weight is 313 g/mol. The second-order valence-corrected chi connectivity index (χ2v) is 4.82. The molecule has 92 valence electrons. The molecule has 0 aliphatic heterocycles. The Labute approximate surface area is 119 Å². The Hall–Kier alpha value is -2.30. The number of rotatable bonds is 2. The van der Waals surface area contributed by atoms with E-state index in [-0.39, 0.29) is 5.57 Å². The van der Waals surface area contributed by atoms with E-state index in [1.807, 2.05) is 31.2 Å². The van der Waals surface area contributed by atoms with Gasteiger partial charge in [-0.2, -0.15) is 10.5 Å². The van der Waals surface area contributed by atoms with Crippen LogP contribution < -0.4 is 0 Å². The highest BCUT2D eigenvalue weighted by Gasteiger charge is 2.08. The molecule has 1 aromatic heterocycles. The molecule has 0 bridgehead atoms. The number of allylic oxidation sites excluding steroid dienone is 1. The lowest BCUT2D eigenvalue weighted by atomic mass is 10.1. The van der Waals surface area contributed by atoms with E-state index in [4.69, 9.17) is 14.9 Å². The predicted molar refractivity (Wildman–Crippen MR) is 75.8 cm³/mol. The number of nitrogens with zero attached hydrogens (tertiary/aromatic N) is 2. The minimum absolute atomic E-state index is 0.0175. The molecule has 0 N–H and O–H groups in total. The number of hydrogen-bond acceptors (Lipinski definition) is 3. The van der Waals surface area contributed by atoms with Gasteiger partial charge < -0.3 is 4.42 Å². The molecule has 4 heteroatoms. The minimum atomic E-state index is 0.0175. The molecule has 19 heavy (non-hydrogen) atoms. The van der Waals surface area contributed by atoms with Crippen LogP contribution in [0, 0.1) is 29.6 Å². The van der Waals surface area contributed by atoms with E-state index in [0.29, 0.717) is 11.5 Å². The average Bonchev–Trinajstić information content (AvgIpc) is 2.84. The van der Waals surface area contributed by atoms with Crippen LogP contribution in [0.2, 0.25) is 0 Å². The lowest BCUT2D eigenvalue weighted by molar-refractivity contribution is 0.571. The monoisotopic (exact) mass is 312 g/mol. The summed E-state index contributed by atoms with van der Waals surface area (Å²) in [6.07, 6.45) is 1.42. The van der Waals surface area contributed by atoms with Crippen LogP contribution in [0.3, 0.4) is 0 Å². The Morgan fingerprint density at radius 2 is 1.95 bits per heavy atom. The summed E-state index contributed by atoms with van der Waals surface area (Å²) in [6, 6.07) is 13.1. The summed E-state index contributed by atoms with van der Waals surface area (Å²) in [5.74, 6) is 1.17. The van der Waals surface area contributed by atoms with Crippen LogP contribution in [-0.2, 0) is 0 Å². The van der Waals surface area contributed by atoms with Gasteiger partial charge in [0.25, 0.3) is 0 Å². The van der Waals surface area contributed by atoms with E-state index in [1.54, 1.807) is 18.2 Å². The van der Waals surface area contributed by atoms with Crippen LogP contribution in [0.15, 0.2) is 44.8 Å². The normalized spacial score (nSPS) is 9.47. The maximum absolute atomic E-state index is 8.70. The second-order valence-electron chi connectivity index (χ2n) is 3.97. The van der Waals surface area contributed by atoms with Crippen LogP contribution in [0.5, 0.6) is 0 Å². The molecule has 2 rings (SSSR count). The van der Waals surface area contributed by atoms with E-state index >= 15 is 0 Å². The first-order chi connectivity index (χ1) is 9.13. The maximum atomic E-state index is 8.70. The first-order valence-corrected chi connectivity index (χ1v) is 6.31. The van der Waals surface area contributed by atoms with Crippen molar-refractivity contribution in [1.29, 1.82) is 10.5 Å². The molecule has 0 radical (unpaired) electrons. The standard InChI is InChI=1S/C15H9BrN2O/c1-10-2-4-13(14(16)6-10)15-5-3-12(19-15)7-11(8-17)9-18/h2-7H,1H3. The summed E-state index contributed by atoms with van der Waals surface area (Å²) < 4.78 is 6.56. The molecule has 0 saturated carbocycles. The number of aryl methyl sites for hydroxylation is 1. The van der Waals surface area contributed by atoms with Gasteiger partial charge in [0.2, 0.25) is 0 Å². The van der Waals surface area contributed by atoms with Gasteiger partial charge >= 0.3 is 0 Å². The smallest absolute Gasteiger partial charge is 0.135 e. The zero-order valence-electron chi connectivity index (χ0n) is 10.1. The third-order valence-electron chi connectivity index (χ3n) is 2.54. The first kappa shape index (κ1) is 13.1. The van der Waals surface area contributed by atoms with Gasteiger partial charge in [-0.05, 0) is 36.8 Å². The largest absolute Gasteiger partial charge is 0.457 e. The lowest BCUT2D eigenvalue weighted by Crippen LogP contribution is -1.78. The summed E-state index contributed by atoms with van der Waals surface area (Å²) in [7, 11) is 0. The van der Waals surface area contributed by atoms with E-state index in [9.17, 15) is 0 Å². The quantitative estimate of drug-likeness (QED) is 0.770. The number of furan rings is 1. The van der Waals surface area contributed by atoms with Crippen LogP contribution in [0.25, 0.3) is 17.4 Å². The molecule has 1 heterocycles.